The molecule has 0 fully saturated rings. The first-order valence-corrected chi connectivity index (χ1v) is 11.1. The van der Waals surface area contributed by atoms with Crippen LogP contribution in [0.15, 0.2) is 35.1 Å². The molecule has 0 saturated carbocycles. The standard InChI is InChI=1S/C23H24N2O5S/c1-29-12-11-18-24-22-20(15-9-6-10-17(15)31-22)23(28)25(18)16(13-19(26)30-2)21(27)14-7-4-3-5-8-14/h3-5,7-8,16H,6,9-13H2,1-2H3. The Balaban J connectivity index is 1.93. The lowest BCUT2D eigenvalue weighted by molar-refractivity contribution is -0.141. The van der Waals surface area contributed by atoms with Crippen molar-refractivity contribution in [1.82, 2.24) is 9.55 Å². The number of aromatic nitrogens is 2. The van der Waals surface area contributed by atoms with E-state index in [1.165, 1.54) is 16.6 Å². The average Bonchev–Trinajstić information content (AvgIpc) is 3.37. The number of ketones is 1. The van der Waals surface area contributed by atoms with Crippen molar-refractivity contribution in [1.29, 1.82) is 0 Å². The quantitative estimate of drug-likeness (QED) is 0.395. The van der Waals surface area contributed by atoms with Crippen LogP contribution in [-0.4, -0.2) is 42.1 Å². The molecule has 2 aromatic heterocycles. The van der Waals surface area contributed by atoms with Gasteiger partial charge in [0.25, 0.3) is 5.56 Å². The molecule has 0 radical (unpaired) electrons. The maximum absolute atomic E-state index is 13.8. The van der Waals surface area contributed by atoms with Gasteiger partial charge in [-0.15, -0.1) is 11.3 Å². The third-order valence-electron chi connectivity index (χ3n) is 5.63. The summed E-state index contributed by atoms with van der Waals surface area (Å²) in [5.41, 5.74) is 1.19. The summed E-state index contributed by atoms with van der Waals surface area (Å²) in [6.45, 7) is 0.341. The molecule has 1 aliphatic rings. The van der Waals surface area contributed by atoms with E-state index < -0.39 is 12.0 Å². The number of hydrogen-bond donors (Lipinski definition) is 0. The highest BCUT2D eigenvalue weighted by atomic mass is 32.1. The zero-order chi connectivity index (χ0) is 22.0. The molecule has 1 aromatic carbocycles. The Morgan fingerprint density at radius 2 is 1.97 bits per heavy atom. The molecule has 0 spiro atoms. The third-order valence-corrected chi connectivity index (χ3v) is 6.82. The molecule has 0 aliphatic heterocycles. The van der Waals surface area contributed by atoms with Gasteiger partial charge in [0.05, 0.1) is 25.5 Å². The van der Waals surface area contributed by atoms with Crippen molar-refractivity contribution in [3.8, 4) is 0 Å². The number of ether oxygens (including phenoxy) is 2. The highest BCUT2D eigenvalue weighted by Gasteiger charge is 2.31. The maximum atomic E-state index is 13.8. The van der Waals surface area contributed by atoms with Crippen LogP contribution in [0.2, 0.25) is 0 Å². The van der Waals surface area contributed by atoms with E-state index in [1.54, 1.807) is 42.7 Å². The number of hydrogen-bond acceptors (Lipinski definition) is 7. The van der Waals surface area contributed by atoms with E-state index >= 15 is 0 Å². The van der Waals surface area contributed by atoms with Crippen molar-refractivity contribution in [2.24, 2.45) is 0 Å². The van der Waals surface area contributed by atoms with Gasteiger partial charge in [0, 0.05) is 24.0 Å². The summed E-state index contributed by atoms with van der Waals surface area (Å²) in [5.74, 6) is -0.438. The topological polar surface area (TPSA) is 87.5 Å². The van der Waals surface area contributed by atoms with E-state index in [0.717, 1.165) is 24.8 Å². The van der Waals surface area contributed by atoms with Gasteiger partial charge in [0.1, 0.15) is 16.7 Å². The lowest BCUT2D eigenvalue weighted by atomic mass is 10.0. The zero-order valence-electron chi connectivity index (χ0n) is 17.6. The molecule has 162 valence electrons. The third kappa shape index (κ3) is 4.05. The molecule has 0 saturated heterocycles. The molecule has 0 N–H and O–H groups in total. The summed E-state index contributed by atoms with van der Waals surface area (Å²) in [6, 6.07) is 7.64. The number of carbonyl (C=O) groups is 2. The summed E-state index contributed by atoms with van der Waals surface area (Å²) in [4.78, 5) is 46.1. The minimum Gasteiger partial charge on any atom is -0.469 e. The number of esters is 1. The summed E-state index contributed by atoms with van der Waals surface area (Å²) in [7, 11) is 2.84. The zero-order valence-corrected chi connectivity index (χ0v) is 18.4. The SMILES string of the molecule is COCCc1nc2sc3c(c2c(=O)n1C(CC(=O)OC)C(=O)c1ccccc1)CCC3. The van der Waals surface area contributed by atoms with E-state index in [4.69, 9.17) is 14.5 Å². The molecule has 4 rings (SSSR count). The van der Waals surface area contributed by atoms with Crippen LogP contribution in [0.5, 0.6) is 0 Å². The van der Waals surface area contributed by atoms with Gasteiger partial charge in [-0.05, 0) is 24.8 Å². The van der Waals surface area contributed by atoms with Crippen molar-refractivity contribution < 1.29 is 19.1 Å². The molecule has 0 amide bonds. The maximum Gasteiger partial charge on any atom is 0.308 e. The number of benzene rings is 1. The average molecular weight is 441 g/mol. The lowest BCUT2D eigenvalue weighted by Gasteiger charge is -2.21. The number of carbonyl (C=O) groups excluding carboxylic acids is 2. The van der Waals surface area contributed by atoms with Gasteiger partial charge in [-0.3, -0.25) is 19.0 Å². The Kier molecular flexibility index (Phi) is 6.29. The highest BCUT2D eigenvalue weighted by molar-refractivity contribution is 7.18. The molecule has 1 atom stereocenters. The Bertz CT molecular complexity index is 1180. The fourth-order valence-corrected chi connectivity index (χ4v) is 5.40. The van der Waals surface area contributed by atoms with Crippen LogP contribution >= 0.6 is 11.3 Å². The first-order chi connectivity index (χ1) is 15.0. The number of nitrogens with zero attached hydrogens (tertiary/aromatic N) is 2. The van der Waals surface area contributed by atoms with Crippen LogP contribution in [-0.2, 0) is 33.5 Å². The highest BCUT2D eigenvalue weighted by Crippen LogP contribution is 2.35. The van der Waals surface area contributed by atoms with Crippen LogP contribution in [0.1, 0.15) is 45.5 Å². The van der Waals surface area contributed by atoms with Gasteiger partial charge in [0.15, 0.2) is 5.78 Å². The van der Waals surface area contributed by atoms with Crippen molar-refractivity contribution in [3.63, 3.8) is 0 Å². The van der Waals surface area contributed by atoms with Crippen LogP contribution < -0.4 is 5.56 Å². The lowest BCUT2D eigenvalue weighted by Crippen LogP contribution is -2.35. The van der Waals surface area contributed by atoms with Crippen LogP contribution in [0.25, 0.3) is 10.2 Å². The number of Topliss-reactive ketones (excluding diaryl/α,β-unsaturated/α-hetero) is 1. The molecule has 1 aliphatic carbocycles. The normalized spacial score (nSPS) is 13.9. The van der Waals surface area contributed by atoms with Gasteiger partial charge in [-0.25, -0.2) is 4.98 Å². The fourth-order valence-electron chi connectivity index (χ4n) is 4.13. The second kappa shape index (κ2) is 9.11. The summed E-state index contributed by atoms with van der Waals surface area (Å²) in [5, 5.41) is 0.578. The second-order valence-corrected chi connectivity index (χ2v) is 8.59. The van der Waals surface area contributed by atoms with Crippen molar-refractivity contribution >= 4 is 33.3 Å². The van der Waals surface area contributed by atoms with Gasteiger partial charge >= 0.3 is 5.97 Å². The van der Waals surface area contributed by atoms with E-state index in [1.807, 2.05) is 6.07 Å². The van der Waals surface area contributed by atoms with Crippen molar-refractivity contribution in [2.45, 2.75) is 38.1 Å². The van der Waals surface area contributed by atoms with E-state index in [9.17, 15) is 14.4 Å². The fraction of sp³-hybridized carbons (Fsp3) is 0.391. The number of thiophene rings is 1. The van der Waals surface area contributed by atoms with Gasteiger partial charge in [-0.1, -0.05) is 30.3 Å². The molecule has 3 aromatic rings. The molecule has 0 bridgehead atoms. The van der Waals surface area contributed by atoms with Crippen LogP contribution in [0.3, 0.4) is 0 Å². The van der Waals surface area contributed by atoms with Crippen molar-refractivity contribution in [2.75, 3.05) is 20.8 Å². The molecular weight excluding hydrogens is 416 g/mol. The van der Waals surface area contributed by atoms with Crippen LogP contribution in [0, 0.1) is 0 Å². The Morgan fingerprint density at radius 1 is 1.19 bits per heavy atom. The first kappa shape index (κ1) is 21.4. The summed E-state index contributed by atoms with van der Waals surface area (Å²) < 4.78 is 11.5. The Labute approximate surface area is 183 Å². The molecular formula is C23H24N2O5S. The summed E-state index contributed by atoms with van der Waals surface area (Å²) in [6.07, 6.45) is 2.89. The molecule has 8 heteroatoms. The van der Waals surface area contributed by atoms with Gasteiger partial charge in [-0.2, -0.15) is 0 Å². The van der Waals surface area contributed by atoms with Gasteiger partial charge < -0.3 is 9.47 Å². The van der Waals surface area contributed by atoms with E-state index in [0.29, 0.717) is 34.6 Å². The smallest absolute Gasteiger partial charge is 0.308 e. The van der Waals surface area contributed by atoms with Gasteiger partial charge in [0.2, 0.25) is 0 Å². The van der Waals surface area contributed by atoms with E-state index in [-0.39, 0.29) is 17.8 Å². The van der Waals surface area contributed by atoms with E-state index in [2.05, 4.69) is 0 Å². The second-order valence-electron chi connectivity index (χ2n) is 7.51. The predicted molar refractivity (Wildman–Crippen MR) is 118 cm³/mol. The molecule has 31 heavy (non-hydrogen) atoms. The predicted octanol–water partition coefficient (Wildman–Crippen LogP) is 3.12. The largest absolute Gasteiger partial charge is 0.469 e. The number of methoxy groups -OCH3 is 2. The molecule has 7 nitrogen and oxygen atoms in total. The number of fused-ring (bicyclic) bond motifs is 3. The first-order valence-electron chi connectivity index (χ1n) is 10.3. The minimum absolute atomic E-state index is 0.246. The summed E-state index contributed by atoms with van der Waals surface area (Å²) >= 11 is 1.55. The Morgan fingerprint density at radius 3 is 2.68 bits per heavy atom. The number of aryl methyl sites for hydroxylation is 2. The molecule has 2 heterocycles. The van der Waals surface area contributed by atoms with Crippen molar-refractivity contribution in [3.05, 3.63) is 62.5 Å². The molecule has 1 unspecified atom stereocenters. The number of rotatable bonds is 8. The Hall–Kier alpha value is -2.84. The monoisotopic (exact) mass is 440 g/mol. The minimum atomic E-state index is -1.04. The van der Waals surface area contributed by atoms with Crippen LogP contribution in [0.4, 0.5) is 0 Å².